The van der Waals surface area contributed by atoms with E-state index in [0.29, 0.717) is 23.4 Å². The summed E-state index contributed by atoms with van der Waals surface area (Å²) in [5, 5.41) is 3.52. The maximum Gasteiger partial charge on any atom is 0.475 e. The lowest BCUT2D eigenvalue weighted by atomic mass is 9.43. The Morgan fingerprint density at radius 1 is 1.15 bits per heavy atom. The molecule has 2 saturated heterocycles. The molecule has 2 bridgehead atoms. The number of rotatable bonds is 1. The van der Waals surface area contributed by atoms with Crippen LogP contribution in [0.4, 0.5) is 0 Å². The second kappa shape index (κ2) is 5.00. The zero-order chi connectivity index (χ0) is 14.5. The summed E-state index contributed by atoms with van der Waals surface area (Å²) in [6.45, 7) is 12.2. The molecule has 3 nitrogen and oxygen atoms in total. The van der Waals surface area contributed by atoms with E-state index in [1.54, 1.807) is 0 Å². The van der Waals surface area contributed by atoms with Crippen LogP contribution in [0.15, 0.2) is 0 Å². The van der Waals surface area contributed by atoms with Crippen LogP contribution in [0.1, 0.15) is 60.3 Å². The summed E-state index contributed by atoms with van der Waals surface area (Å²) in [5.41, 5.74) is 0.416. The monoisotopic (exact) mass is 279 g/mol. The van der Waals surface area contributed by atoms with Crippen molar-refractivity contribution in [3.8, 4) is 0 Å². The van der Waals surface area contributed by atoms with Crippen molar-refractivity contribution >= 4 is 7.12 Å². The van der Waals surface area contributed by atoms with Crippen LogP contribution in [0.25, 0.3) is 0 Å². The molecular weight excluding hydrogens is 249 g/mol. The van der Waals surface area contributed by atoms with Crippen LogP contribution in [0.2, 0.25) is 0 Å². The van der Waals surface area contributed by atoms with Gasteiger partial charge in [0.2, 0.25) is 0 Å². The lowest BCUT2D eigenvalue weighted by Crippen LogP contribution is -2.65. The van der Waals surface area contributed by atoms with E-state index < -0.39 is 0 Å². The molecular formula is C16H30BNO2. The minimum Gasteiger partial charge on any atom is -0.404 e. The Labute approximate surface area is 124 Å². The Bertz CT molecular complexity index is 369. The SMILES string of the molecule is CC.CC1(C)C2CC1[C@]1(C)OB(C3CCCN3)O[C@@H]1C2. The normalized spacial score (nSPS) is 48.1. The maximum atomic E-state index is 6.44. The van der Waals surface area contributed by atoms with Crippen molar-refractivity contribution in [1.29, 1.82) is 0 Å². The van der Waals surface area contributed by atoms with Crippen molar-refractivity contribution in [2.75, 3.05) is 6.54 Å². The average Bonchev–Trinajstić information content (AvgIpc) is 3.05. The third-order valence-corrected chi connectivity index (χ3v) is 6.40. The van der Waals surface area contributed by atoms with E-state index >= 15 is 0 Å². The van der Waals surface area contributed by atoms with Gasteiger partial charge in [0, 0.05) is 5.94 Å². The van der Waals surface area contributed by atoms with Crippen molar-refractivity contribution in [1.82, 2.24) is 5.32 Å². The predicted octanol–water partition coefficient (Wildman–Crippen LogP) is 3.03. The zero-order valence-electron chi connectivity index (χ0n) is 13.7. The highest BCUT2D eigenvalue weighted by molar-refractivity contribution is 6.47. The van der Waals surface area contributed by atoms with Crippen LogP contribution < -0.4 is 5.32 Å². The van der Waals surface area contributed by atoms with Gasteiger partial charge in [-0.25, -0.2) is 0 Å². The van der Waals surface area contributed by atoms with Crippen LogP contribution in [-0.4, -0.2) is 31.3 Å². The molecule has 3 aliphatic carbocycles. The molecule has 5 rings (SSSR count). The Hall–Kier alpha value is -0.0551. The fraction of sp³-hybridized carbons (Fsp3) is 1.00. The molecule has 0 radical (unpaired) electrons. The molecule has 114 valence electrons. The van der Waals surface area contributed by atoms with Crippen molar-refractivity contribution in [2.45, 2.75) is 77.9 Å². The van der Waals surface area contributed by atoms with Crippen LogP contribution in [0.5, 0.6) is 0 Å². The first-order valence-electron chi connectivity index (χ1n) is 8.58. The van der Waals surface area contributed by atoms with Gasteiger partial charge in [-0.3, -0.25) is 0 Å². The minimum absolute atomic E-state index is 0.00218. The summed E-state index contributed by atoms with van der Waals surface area (Å²) in [7, 11) is -0.00218. The van der Waals surface area contributed by atoms with Crippen molar-refractivity contribution < 1.29 is 9.31 Å². The standard InChI is InChI=1S/C14H24BNO2.C2H6/c1-13(2)9-7-10(13)14(3)11(8-9)17-15(18-14)12-5-4-6-16-12;1-2/h9-12,16H,4-8H2,1-3H3;1-2H3/t9?,10?,11-,12?,14+;/m1./s1. The maximum absolute atomic E-state index is 6.44. The van der Waals surface area contributed by atoms with Crippen LogP contribution in [0.3, 0.4) is 0 Å². The highest BCUT2D eigenvalue weighted by Crippen LogP contribution is 2.65. The summed E-state index contributed by atoms with van der Waals surface area (Å²) in [6.07, 6.45) is 5.33. The fourth-order valence-corrected chi connectivity index (χ4v) is 5.01. The zero-order valence-corrected chi connectivity index (χ0v) is 13.7. The third-order valence-electron chi connectivity index (χ3n) is 6.40. The van der Waals surface area contributed by atoms with Gasteiger partial charge in [0.1, 0.15) is 0 Å². The highest BCUT2D eigenvalue weighted by Gasteiger charge is 2.68. The number of hydrogen-bond donors (Lipinski definition) is 1. The molecule has 20 heavy (non-hydrogen) atoms. The molecule has 0 aromatic carbocycles. The first-order valence-corrected chi connectivity index (χ1v) is 8.58. The fourth-order valence-electron chi connectivity index (χ4n) is 5.01. The van der Waals surface area contributed by atoms with Crippen LogP contribution >= 0.6 is 0 Å². The van der Waals surface area contributed by atoms with Gasteiger partial charge in [-0.1, -0.05) is 27.7 Å². The summed E-state index contributed by atoms with van der Waals surface area (Å²) < 4.78 is 12.7. The van der Waals surface area contributed by atoms with Gasteiger partial charge in [0.05, 0.1) is 11.7 Å². The summed E-state index contributed by atoms with van der Waals surface area (Å²) in [6, 6.07) is 0. The lowest BCUT2D eigenvalue weighted by molar-refractivity contribution is -0.199. The molecule has 3 unspecified atom stereocenters. The van der Waals surface area contributed by atoms with Crippen LogP contribution in [-0.2, 0) is 9.31 Å². The minimum atomic E-state index is -0.0345. The van der Waals surface area contributed by atoms with Gasteiger partial charge in [-0.15, -0.1) is 0 Å². The quantitative estimate of drug-likeness (QED) is 0.748. The lowest BCUT2D eigenvalue weighted by Gasteiger charge is -2.64. The number of nitrogens with one attached hydrogen (secondary N) is 1. The largest absolute Gasteiger partial charge is 0.475 e. The molecule has 5 aliphatic rings. The number of hydrogen-bond acceptors (Lipinski definition) is 3. The van der Waals surface area contributed by atoms with Gasteiger partial charge in [0.25, 0.3) is 0 Å². The Morgan fingerprint density at radius 2 is 1.90 bits per heavy atom. The Kier molecular flexibility index (Phi) is 3.71. The smallest absolute Gasteiger partial charge is 0.404 e. The van der Waals surface area contributed by atoms with Crippen molar-refractivity contribution in [3.05, 3.63) is 0 Å². The van der Waals surface area contributed by atoms with Gasteiger partial charge < -0.3 is 14.6 Å². The second-order valence-corrected chi connectivity index (χ2v) is 7.54. The first-order chi connectivity index (χ1) is 9.52. The summed E-state index contributed by atoms with van der Waals surface area (Å²) >= 11 is 0. The molecule has 5 atom stereocenters. The molecule has 3 saturated carbocycles. The van der Waals surface area contributed by atoms with E-state index in [-0.39, 0.29) is 12.7 Å². The van der Waals surface area contributed by atoms with E-state index in [4.69, 9.17) is 9.31 Å². The first kappa shape index (κ1) is 14.9. The molecule has 0 aromatic rings. The van der Waals surface area contributed by atoms with Crippen molar-refractivity contribution in [2.24, 2.45) is 17.3 Å². The molecule has 2 heterocycles. The van der Waals surface area contributed by atoms with Gasteiger partial charge in [-0.05, 0) is 56.4 Å². The summed E-state index contributed by atoms with van der Waals surface area (Å²) in [4.78, 5) is 0. The Morgan fingerprint density at radius 3 is 2.50 bits per heavy atom. The summed E-state index contributed by atoms with van der Waals surface area (Å²) in [5.74, 6) is 1.95. The van der Waals surface area contributed by atoms with E-state index in [2.05, 4.69) is 26.1 Å². The van der Waals surface area contributed by atoms with Gasteiger partial charge >= 0.3 is 7.12 Å². The van der Waals surface area contributed by atoms with Crippen LogP contribution in [0, 0.1) is 17.3 Å². The molecule has 4 heteroatoms. The predicted molar refractivity (Wildman–Crippen MR) is 82.5 cm³/mol. The van der Waals surface area contributed by atoms with E-state index in [0.717, 1.165) is 12.5 Å². The molecule has 0 spiro atoms. The molecule has 2 aliphatic heterocycles. The van der Waals surface area contributed by atoms with Gasteiger partial charge in [-0.2, -0.15) is 0 Å². The van der Waals surface area contributed by atoms with E-state index in [1.165, 1.54) is 25.7 Å². The van der Waals surface area contributed by atoms with Crippen molar-refractivity contribution in [3.63, 3.8) is 0 Å². The van der Waals surface area contributed by atoms with Gasteiger partial charge in [0.15, 0.2) is 0 Å². The topological polar surface area (TPSA) is 30.5 Å². The second-order valence-electron chi connectivity index (χ2n) is 7.54. The van der Waals surface area contributed by atoms with E-state index in [1.807, 2.05) is 13.8 Å². The molecule has 5 fully saturated rings. The highest BCUT2D eigenvalue weighted by atomic mass is 16.7. The Balaban J connectivity index is 0.000000581. The third kappa shape index (κ3) is 1.91. The molecule has 0 aromatic heterocycles. The molecule has 1 N–H and O–H groups in total. The van der Waals surface area contributed by atoms with E-state index in [9.17, 15) is 0 Å². The average molecular weight is 279 g/mol. The molecule has 0 amide bonds.